The molecule has 2 atom stereocenters. The molecule has 18 heavy (non-hydrogen) atoms. The van der Waals surface area contributed by atoms with E-state index in [1.54, 1.807) is 0 Å². The molecule has 2 saturated heterocycles. The number of carbonyl (C=O) groups excluding carboxylic acids is 2. The van der Waals surface area contributed by atoms with Gasteiger partial charge in [0.2, 0.25) is 11.8 Å². The molecule has 0 radical (unpaired) electrons. The number of nitrogens with one attached hydrogen (secondary N) is 1. The van der Waals surface area contributed by atoms with Crippen LogP contribution >= 0.6 is 0 Å². The van der Waals surface area contributed by atoms with Crippen molar-refractivity contribution in [3.05, 3.63) is 0 Å². The number of aliphatic hydroxyl groups is 1. The summed E-state index contributed by atoms with van der Waals surface area (Å²) < 4.78 is 0. The van der Waals surface area contributed by atoms with Crippen LogP contribution in [0.4, 0.5) is 0 Å². The number of amides is 2. The normalized spacial score (nSPS) is 28.7. The van der Waals surface area contributed by atoms with Crippen LogP contribution in [-0.4, -0.2) is 71.6 Å². The second kappa shape index (κ2) is 5.67. The van der Waals surface area contributed by atoms with Crippen molar-refractivity contribution in [1.29, 1.82) is 0 Å². The third kappa shape index (κ3) is 3.20. The lowest BCUT2D eigenvalue weighted by Crippen LogP contribution is -2.42. The van der Waals surface area contributed by atoms with Crippen molar-refractivity contribution in [3.8, 4) is 0 Å². The lowest BCUT2D eigenvalue weighted by Gasteiger charge is -2.20. The topological polar surface area (TPSA) is 72.9 Å². The molecule has 0 aromatic carbocycles. The molecular weight excluding hydrogens is 234 g/mol. The summed E-state index contributed by atoms with van der Waals surface area (Å²) in [5.74, 6) is -0.0186. The molecule has 2 amide bonds. The summed E-state index contributed by atoms with van der Waals surface area (Å²) >= 11 is 0. The quantitative estimate of drug-likeness (QED) is 0.664. The molecule has 0 aromatic rings. The number of hydrogen-bond donors (Lipinski definition) is 2. The van der Waals surface area contributed by atoms with Crippen LogP contribution in [0.5, 0.6) is 0 Å². The molecule has 2 aliphatic rings. The monoisotopic (exact) mass is 255 g/mol. The minimum atomic E-state index is -0.583. The maximum Gasteiger partial charge on any atom is 0.236 e. The first-order valence-corrected chi connectivity index (χ1v) is 6.51. The molecule has 0 bridgehead atoms. The highest BCUT2D eigenvalue weighted by Crippen LogP contribution is 2.12. The SMILES string of the molecule is CC(=O)N[C@@H]1CN(CC(=O)N2CCCC2)C[C@H]1O. The Labute approximate surface area is 107 Å². The summed E-state index contributed by atoms with van der Waals surface area (Å²) in [4.78, 5) is 26.7. The van der Waals surface area contributed by atoms with Gasteiger partial charge in [0.1, 0.15) is 0 Å². The molecular formula is C12H21N3O3. The highest BCUT2D eigenvalue weighted by Gasteiger charge is 2.33. The predicted octanol–water partition coefficient (Wildman–Crippen LogP) is -1.21. The van der Waals surface area contributed by atoms with Crippen LogP contribution in [0.1, 0.15) is 19.8 Å². The third-order valence-corrected chi connectivity index (χ3v) is 3.57. The molecule has 0 aliphatic carbocycles. The number of β-amino-alcohol motifs (C(OH)–C–C–N with tert-alkyl or cyclic N) is 1. The number of nitrogens with zero attached hydrogens (tertiary/aromatic N) is 2. The van der Waals surface area contributed by atoms with E-state index in [0.717, 1.165) is 25.9 Å². The van der Waals surface area contributed by atoms with Gasteiger partial charge >= 0.3 is 0 Å². The standard InChI is InChI=1S/C12H21N3O3/c1-9(16)13-10-6-14(7-11(10)17)8-12(18)15-4-2-3-5-15/h10-11,17H,2-8H2,1H3,(H,13,16)/t10-,11-/m1/s1. The van der Waals surface area contributed by atoms with Gasteiger partial charge in [-0.2, -0.15) is 0 Å². The zero-order valence-corrected chi connectivity index (χ0v) is 10.8. The summed E-state index contributed by atoms with van der Waals surface area (Å²) in [5, 5.41) is 12.5. The molecule has 0 aromatic heterocycles. The van der Waals surface area contributed by atoms with Crippen molar-refractivity contribution in [2.45, 2.75) is 31.9 Å². The van der Waals surface area contributed by atoms with Gasteiger partial charge in [-0.05, 0) is 12.8 Å². The van der Waals surface area contributed by atoms with E-state index < -0.39 is 6.10 Å². The van der Waals surface area contributed by atoms with Gasteiger partial charge in [0.05, 0.1) is 18.7 Å². The van der Waals surface area contributed by atoms with Crippen LogP contribution < -0.4 is 5.32 Å². The van der Waals surface area contributed by atoms with Crippen molar-refractivity contribution in [2.75, 3.05) is 32.7 Å². The Hall–Kier alpha value is -1.14. The molecule has 2 fully saturated rings. The second-order valence-electron chi connectivity index (χ2n) is 5.16. The smallest absolute Gasteiger partial charge is 0.236 e. The molecule has 2 heterocycles. The minimum Gasteiger partial charge on any atom is -0.390 e. The summed E-state index contributed by atoms with van der Waals surface area (Å²) in [6.07, 6.45) is 1.59. The van der Waals surface area contributed by atoms with E-state index in [1.807, 2.05) is 9.80 Å². The van der Waals surface area contributed by atoms with Gasteiger partial charge in [-0.1, -0.05) is 0 Å². The number of likely N-dealkylation sites (tertiary alicyclic amines) is 2. The van der Waals surface area contributed by atoms with Crippen molar-refractivity contribution >= 4 is 11.8 Å². The lowest BCUT2D eigenvalue weighted by atomic mass is 10.2. The van der Waals surface area contributed by atoms with Gasteiger partial charge in [-0.3, -0.25) is 14.5 Å². The van der Waals surface area contributed by atoms with Gasteiger partial charge in [0.25, 0.3) is 0 Å². The molecule has 2 rings (SSSR count). The fraction of sp³-hybridized carbons (Fsp3) is 0.833. The Morgan fingerprint density at radius 2 is 1.94 bits per heavy atom. The van der Waals surface area contributed by atoms with Crippen molar-refractivity contribution in [1.82, 2.24) is 15.1 Å². The van der Waals surface area contributed by atoms with Crippen LogP contribution in [0.25, 0.3) is 0 Å². The average molecular weight is 255 g/mol. The lowest BCUT2D eigenvalue weighted by molar-refractivity contribution is -0.131. The van der Waals surface area contributed by atoms with Crippen LogP contribution in [0.3, 0.4) is 0 Å². The maximum absolute atomic E-state index is 12.0. The highest BCUT2D eigenvalue weighted by atomic mass is 16.3. The van der Waals surface area contributed by atoms with Crippen molar-refractivity contribution in [2.24, 2.45) is 0 Å². The van der Waals surface area contributed by atoms with Gasteiger partial charge in [0.15, 0.2) is 0 Å². The van der Waals surface area contributed by atoms with E-state index in [2.05, 4.69) is 5.32 Å². The van der Waals surface area contributed by atoms with E-state index in [-0.39, 0.29) is 17.9 Å². The molecule has 0 unspecified atom stereocenters. The van der Waals surface area contributed by atoms with Gasteiger partial charge in [0, 0.05) is 33.1 Å². The molecule has 6 nitrogen and oxygen atoms in total. The largest absolute Gasteiger partial charge is 0.390 e. The molecule has 2 aliphatic heterocycles. The van der Waals surface area contributed by atoms with Gasteiger partial charge < -0.3 is 15.3 Å². The summed E-state index contributed by atoms with van der Waals surface area (Å²) in [7, 11) is 0. The van der Waals surface area contributed by atoms with Gasteiger partial charge in [-0.15, -0.1) is 0 Å². The zero-order valence-electron chi connectivity index (χ0n) is 10.8. The Kier molecular flexibility index (Phi) is 4.19. The first-order chi connectivity index (χ1) is 8.56. The van der Waals surface area contributed by atoms with E-state index in [0.29, 0.717) is 19.6 Å². The van der Waals surface area contributed by atoms with E-state index in [1.165, 1.54) is 6.92 Å². The van der Waals surface area contributed by atoms with Gasteiger partial charge in [-0.25, -0.2) is 0 Å². The first kappa shape index (κ1) is 13.3. The maximum atomic E-state index is 12.0. The number of rotatable bonds is 3. The summed E-state index contributed by atoms with van der Waals surface area (Å²) in [6.45, 7) is 4.47. The molecule has 2 N–H and O–H groups in total. The zero-order chi connectivity index (χ0) is 13.1. The Balaban J connectivity index is 1.80. The Bertz CT molecular complexity index is 329. The van der Waals surface area contributed by atoms with Crippen LogP contribution in [0, 0.1) is 0 Å². The third-order valence-electron chi connectivity index (χ3n) is 3.57. The minimum absolute atomic E-state index is 0.128. The fourth-order valence-corrected chi connectivity index (χ4v) is 2.66. The first-order valence-electron chi connectivity index (χ1n) is 6.51. The number of carbonyl (C=O) groups is 2. The Morgan fingerprint density at radius 3 is 2.56 bits per heavy atom. The predicted molar refractivity (Wildman–Crippen MR) is 65.9 cm³/mol. The van der Waals surface area contributed by atoms with E-state index >= 15 is 0 Å². The average Bonchev–Trinajstić information content (AvgIpc) is 2.89. The highest BCUT2D eigenvalue weighted by molar-refractivity contribution is 5.78. The number of hydrogen-bond acceptors (Lipinski definition) is 4. The van der Waals surface area contributed by atoms with Crippen LogP contribution in [0.15, 0.2) is 0 Å². The van der Waals surface area contributed by atoms with E-state index in [4.69, 9.17) is 0 Å². The summed E-state index contributed by atoms with van der Waals surface area (Å²) in [6, 6.07) is -0.256. The Morgan fingerprint density at radius 1 is 1.28 bits per heavy atom. The van der Waals surface area contributed by atoms with Crippen LogP contribution in [0.2, 0.25) is 0 Å². The van der Waals surface area contributed by atoms with E-state index in [9.17, 15) is 14.7 Å². The molecule has 0 saturated carbocycles. The number of aliphatic hydroxyl groups excluding tert-OH is 1. The molecule has 0 spiro atoms. The second-order valence-corrected chi connectivity index (χ2v) is 5.16. The molecule has 102 valence electrons. The van der Waals surface area contributed by atoms with Crippen LogP contribution in [-0.2, 0) is 9.59 Å². The fourth-order valence-electron chi connectivity index (χ4n) is 2.66. The van der Waals surface area contributed by atoms with Crippen molar-refractivity contribution in [3.63, 3.8) is 0 Å². The summed E-state index contributed by atoms with van der Waals surface area (Å²) in [5.41, 5.74) is 0. The van der Waals surface area contributed by atoms with Crippen molar-refractivity contribution < 1.29 is 14.7 Å². The molecule has 6 heteroatoms.